The van der Waals surface area contributed by atoms with Gasteiger partial charge in [-0.2, -0.15) is 13.2 Å². The van der Waals surface area contributed by atoms with Gasteiger partial charge in [-0.25, -0.2) is 0 Å². The second kappa shape index (κ2) is 4.89. The first-order chi connectivity index (χ1) is 8.91. The molecule has 0 aliphatic rings. The van der Waals surface area contributed by atoms with E-state index in [9.17, 15) is 18.0 Å². The average molecular weight is 268 g/mol. The van der Waals surface area contributed by atoms with Crippen LogP contribution in [0.5, 0.6) is 0 Å². The van der Waals surface area contributed by atoms with Crippen molar-refractivity contribution in [2.24, 2.45) is 5.73 Å². The Morgan fingerprint density at radius 2 is 1.74 bits per heavy atom. The van der Waals surface area contributed by atoms with Gasteiger partial charge >= 0.3 is 6.18 Å². The van der Waals surface area contributed by atoms with Gasteiger partial charge in [-0.15, -0.1) is 0 Å². The van der Waals surface area contributed by atoms with Gasteiger partial charge in [0.05, 0.1) is 5.56 Å². The molecule has 0 saturated heterocycles. The number of benzene rings is 1. The van der Waals surface area contributed by atoms with E-state index < -0.39 is 11.7 Å². The summed E-state index contributed by atoms with van der Waals surface area (Å²) < 4.78 is 37.3. The molecule has 0 unspecified atom stereocenters. The van der Waals surface area contributed by atoms with E-state index in [1.54, 1.807) is 6.07 Å². The number of nitrogens with two attached hydrogens (primary N) is 1. The van der Waals surface area contributed by atoms with Crippen LogP contribution < -0.4 is 11.3 Å². The number of H-pyrrole nitrogens is 1. The van der Waals surface area contributed by atoms with Gasteiger partial charge in [-0.3, -0.25) is 4.79 Å². The lowest BCUT2D eigenvalue weighted by Crippen LogP contribution is -2.15. The van der Waals surface area contributed by atoms with E-state index in [0.717, 1.165) is 12.1 Å². The number of hydrogen-bond acceptors (Lipinski definition) is 2. The standard InChI is InChI=1S/C13H11F3N2O/c14-13(15,16)11-3-1-8(2-4-11)10-5-9(6-17)12(19)18-7-10/h1-5,7H,6,17H2,(H,18,19). The van der Waals surface area contributed by atoms with Gasteiger partial charge in [0.25, 0.3) is 5.56 Å². The predicted octanol–water partition coefficient (Wildman–Crippen LogP) is 2.52. The highest BCUT2D eigenvalue weighted by atomic mass is 19.4. The van der Waals surface area contributed by atoms with E-state index in [2.05, 4.69) is 4.98 Å². The molecule has 1 aromatic carbocycles. The molecule has 19 heavy (non-hydrogen) atoms. The fourth-order valence-corrected chi connectivity index (χ4v) is 1.70. The maximum absolute atomic E-state index is 12.4. The van der Waals surface area contributed by atoms with Crippen LogP contribution in [0.4, 0.5) is 13.2 Å². The summed E-state index contributed by atoms with van der Waals surface area (Å²) in [6.45, 7) is 0.0732. The lowest BCUT2D eigenvalue weighted by molar-refractivity contribution is -0.137. The summed E-state index contributed by atoms with van der Waals surface area (Å²) in [5.41, 5.74) is 6.00. The number of aromatic nitrogens is 1. The molecular formula is C13H11F3N2O. The number of halogens is 3. The largest absolute Gasteiger partial charge is 0.416 e. The van der Waals surface area contributed by atoms with Crippen molar-refractivity contribution in [1.82, 2.24) is 4.98 Å². The van der Waals surface area contributed by atoms with E-state index in [0.29, 0.717) is 16.7 Å². The lowest BCUT2D eigenvalue weighted by atomic mass is 10.0. The zero-order chi connectivity index (χ0) is 14.0. The molecule has 1 heterocycles. The quantitative estimate of drug-likeness (QED) is 0.879. The summed E-state index contributed by atoms with van der Waals surface area (Å²) in [5.74, 6) is 0. The maximum atomic E-state index is 12.4. The van der Waals surface area contributed by atoms with Gasteiger partial charge < -0.3 is 10.7 Å². The monoisotopic (exact) mass is 268 g/mol. The molecule has 0 atom stereocenters. The Morgan fingerprint density at radius 3 is 2.26 bits per heavy atom. The van der Waals surface area contributed by atoms with Crippen molar-refractivity contribution in [3.63, 3.8) is 0 Å². The summed E-state index contributed by atoms with van der Waals surface area (Å²) >= 11 is 0. The zero-order valence-electron chi connectivity index (χ0n) is 9.79. The van der Waals surface area contributed by atoms with Gasteiger partial charge in [-0.05, 0) is 29.3 Å². The minimum atomic E-state index is -4.36. The van der Waals surface area contributed by atoms with Crippen LogP contribution >= 0.6 is 0 Å². The van der Waals surface area contributed by atoms with E-state index in [4.69, 9.17) is 5.73 Å². The van der Waals surface area contributed by atoms with Crippen molar-refractivity contribution in [2.45, 2.75) is 12.7 Å². The summed E-state index contributed by atoms with van der Waals surface area (Å²) in [5, 5.41) is 0. The van der Waals surface area contributed by atoms with E-state index in [-0.39, 0.29) is 12.1 Å². The van der Waals surface area contributed by atoms with Crippen molar-refractivity contribution >= 4 is 0 Å². The van der Waals surface area contributed by atoms with Crippen LogP contribution in [0.1, 0.15) is 11.1 Å². The summed E-state index contributed by atoms with van der Waals surface area (Å²) in [6, 6.07) is 6.29. The summed E-state index contributed by atoms with van der Waals surface area (Å²) in [4.78, 5) is 13.8. The third-order valence-corrected chi connectivity index (χ3v) is 2.75. The molecule has 0 fully saturated rings. The minimum absolute atomic E-state index is 0.0732. The van der Waals surface area contributed by atoms with E-state index in [1.165, 1.54) is 18.3 Å². The number of pyridine rings is 1. The third kappa shape index (κ3) is 2.85. The molecular weight excluding hydrogens is 257 g/mol. The number of aromatic amines is 1. The SMILES string of the molecule is NCc1cc(-c2ccc(C(F)(F)F)cc2)c[nH]c1=O. The summed E-state index contributed by atoms with van der Waals surface area (Å²) in [6.07, 6.45) is -2.91. The zero-order valence-corrected chi connectivity index (χ0v) is 9.79. The Labute approximate surface area is 106 Å². The van der Waals surface area contributed by atoms with Crippen molar-refractivity contribution in [2.75, 3.05) is 0 Å². The predicted molar refractivity (Wildman–Crippen MR) is 65.4 cm³/mol. The fourth-order valence-electron chi connectivity index (χ4n) is 1.70. The molecule has 3 nitrogen and oxygen atoms in total. The number of rotatable bonds is 2. The highest BCUT2D eigenvalue weighted by molar-refractivity contribution is 5.63. The highest BCUT2D eigenvalue weighted by Gasteiger charge is 2.29. The van der Waals surface area contributed by atoms with Crippen LogP contribution in [-0.2, 0) is 12.7 Å². The van der Waals surface area contributed by atoms with Gasteiger partial charge in [0.1, 0.15) is 0 Å². The molecule has 0 aliphatic heterocycles. The van der Waals surface area contributed by atoms with Crippen LogP contribution in [0.15, 0.2) is 41.3 Å². The van der Waals surface area contributed by atoms with Crippen LogP contribution in [0, 0.1) is 0 Å². The minimum Gasteiger partial charge on any atom is -0.328 e. The fraction of sp³-hybridized carbons (Fsp3) is 0.154. The Bertz CT molecular complexity index is 630. The molecule has 1 aromatic heterocycles. The molecule has 0 spiro atoms. The first-order valence-corrected chi connectivity index (χ1v) is 5.51. The molecule has 0 radical (unpaired) electrons. The molecule has 100 valence electrons. The van der Waals surface area contributed by atoms with Gasteiger partial charge in [0.15, 0.2) is 0 Å². The van der Waals surface area contributed by atoms with Crippen LogP contribution in [0.2, 0.25) is 0 Å². The van der Waals surface area contributed by atoms with Gasteiger partial charge in [0.2, 0.25) is 0 Å². The van der Waals surface area contributed by atoms with Crippen molar-refractivity contribution < 1.29 is 13.2 Å². The second-order valence-corrected chi connectivity index (χ2v) is 4.02. The molecule has 0 aliphatic carbocycles. The topological polar surface area (TPSA) is 58.9 Å². The lowest BCUT2D eigenvalue weighted by Gasteiger charge is -2.08. The Morgan fingerprint density at radius 1 is 1.11 bits per heavy atom. The number of nitrogens with one attached hydrogen (secondary N) is 1. The smallest absolute Gasteiger partial charge is 0.328 e. The molecule has 6 heteroatoms. The Balaban J connectivity index is 2.40. The van der Waals surface area contributed by atoms with Gasteiger partial charge in [-0.1, -0.05) is 12.1 Å². The second-order valence-electron chi connectivity index (χ2n) is 4.02. The molecule has 0 bridgehead atoms. The van der Waals surface area contributed by atoms with E-state index in [1.807, 2.05) is 0 Å². The molecule has 3 N–H and O–H groups in total. The van der Waals surface area contributed by atoms with Crippen LogP contribution in [0.25, 0.3) is 11.1 Å². The van der Waals surface area contributed by atoms with Crippen LogP contribution in [0.3, 0.4) is 0 Å². The molecule has 0 saturated carbocycles. The highest BCUT2D eigenvalue weighted by Crippen LogP contribution is 2.30. The normalized spacial score (nSPS) is 11.6. The maximum Gasteiger partial charge on any atom is 0.416 e. The average Bonchev–Trinajstić information content (AvgIpc) is 2.38. The first kappa shape index (κ1) is 13.4. The molecule has 0 amide bonds. The molecule has 2 rings (SSSR count). The van der Waals surface area contributed by atoms with Crippen molar-refractivity contribution in [3.05, 3.63) is 58.0 Å². The molecule has 2 aromatic rings. The van der Waals surface area contributed by atoms with Gasteiger partial charge in [0, 0.05) is 18.3 Å². The number of hydrogen-bond donors (Lipinski definition) is 2. The first-order valence-electron chi connectivity index (χ1n) is 5.51. The van der Waals surface area contributed by atoms with Crippen molar-refractivity contribution in [1.29, 1.82) is 0 Å². The summed E-state index contributed by atoms with van der Waals surface area (Å²) in [7, 11) is 0. The number of alkyl halides is 3. The van der Waals surface area contributed by atoms with E-state index >= 15 is 0 Å². The Kier molecular flexibility index (Phi) is 3.44. The Hall–Kier alpha value is -2.08. The van der Waals surface area contributed by atoms with Crippen LogP contribution in [-0.4, -0.2) is 4.98 Å². The van der Waals surface area contributed by atoms with Crippen molar-refractivity contribution in [3.8, 4) is 11.1 Å². The third-order valence-electron chi connectivity index (χ3n) is 2.75.